The van der Waals surface area contributed by atoms with Crippen LogP contribution in [0.15, 0.2) is 51.4 Å². The molecule has 0 spiro atoms. The highest BCUT2D eigenvalue weighted by Gasteiger charge is 2.11. The lowest BCUT2D eigenvalue weighted by Crippen LogP contribution is -1.82. The topological polar surface area (TPSA) is 46.2 Å². The summed E-state index contributed by atoms with van der Waals surface area (Å²) < 4.78 is 11.9. The van der Waals surface area contributed by atoms with Gasteiger partial charge in [0.2, 0.25) is 0 Å². The molecule has 0 amide bonds. The molecule has 0 radical (unpaired) electrons. The van der Waals surface area contributed by atoms with Crippen LogP contribution in [0.5, 0.6) is 5.75 Å². The molecule has 3 aromatic rings. The lowest BCUT2D eigenvalue weighted by atomic mass is 10.1. The van der Waals surface area contributed by atoms with Gasteiger partial charge >= 0.3 is 0 Å². The molecule has 0 aliphatic rings. The second-order valence-corrected chi connectivity index (χ2v) is 5.23. The van der Waals surface area contributed by atoms with Crippen LogP contribution in [0.2, 0.25) is 0 Å². The number of hydrogen-bond donors (Lipinski definition) is 0. The van der Waals surface area contributed by atoms with Crippen molar-refractivity contribution >= 4 is 26.9 Å². The van der Waals surface area contributed by atoms with E-state index in [1.54, 1.807) is 13.2 Å². The molecule has 0 aliphatic heterocycles. The van der Waals surface area contributed by atoms with E-state index in [1.807, 2.05) is 36.4 Å². The molecule has 0 saturated carbocycles. The zero-order valence-corrected chi connectivity index (χ0v) is 12.3. The minimum atomic E-state index is 0.574. The predicted octanol–water partition coefficient (Wildman–Crippen LogP) is 4.74. The van der Waals surface area contributed by atoms with Crippen molar-refractivity contribution in [3.63, 3.8) is 0 Å². The summed E-state index contributed by atoms with van der Waals surface area (Å²) in [6, 6.07) is 15.3. The molecule has 0 saturated heterocycles. The number of rotatable bonds is 2. The third kappa shape index (κ3) is 2.17. The average Bonchev–Trinajstić information content (AvgIpc) is 2.89. The van der Waals surface area contributed by atoms with Gasteiger partial charge in [-0.25, -0.2) is 0 Å². The van der Waals surface area contributed by atoms with Gasteiger partial charge in [-0.3, -0.25) is 0 Å². The van der Waals surface area contributed by atoms with Gasteiger partial charge in [-0.2, -0.15) is 5.26 Å². The molecule has 2 aromatic carbocycles. The Bertz CT molecular complexity index is 830. The predicted molar refractivity (Wildman–Crippen MR) is 80.6 cm³/mol. The van der Waals surface area contributed by atoms with E-state index < -0.39 is 0 Å². The van der Waals surface area contributed by atoms with Crippen LogP contribution in [0.4, 0.5) is 0 Å². The average molecular weight is 328 g/mol. The third-order valence-corrected chi connectivity index (χ3v) is 3.58. The molecule has 4 heteroatoms. The standard InChI is InChI=1S/C16H10BrNO2/c1-19-13-3-5-15-10(7-13)8-16(20-15)14-4-2-12(17)6-11(14)9-18/h2-8H,1H3. The second-order valence-electron chi connectivity index (χ2n) is 4.32. The largest absolute Gasteiger partial charge is 0.497 e. The quantitative estimate of drug-likeness (QED) is 0.682. The van der Waals surface area contributed by atoms with E-state index in [9.17, 15) is 5.26 Å². The van der Waals surface area contributed by atoms with Gasteiger partial charge in [-0.15, -0.1) is 0 Å². The van der Waals surface area contributed by atoms with E-state index in [2.05, 4.69) is 22.0 Å². The van der Waals surface area contributed by atoms with Crippen molar-refractivity contribution in [1.29, 1.82) is 5.26 Å². The highest BCUT2D eigenvalue weighted by molar-refractivity contribution is 9.10. The van der Waals surface area contributed by atoms with Gasteiger partial charge in [0.05, 0.1) is 18.7 Å². The van der Waals surface area contributed by atoms with Crippen molar-refractivity contribution in [2.24, 2.45) is 0 Å². The monoisotopic (exact) mass is 327 g/mol. The molecule has 0 aliphatic carbocycles. The maximum Gasteiger partial charge on any atom is 0.136 e. The van der Waals surface area contributed by atoms with Crippen LogP contribution < -0.4 is 4.74 Å². The number of ether oxygens (including phenoxy) is 1. The summed E-state index contributed by atoms with van der Waals surface area (Å²) in [5.74, 6) is 1.46. The van der Waals surface area contributed by atoms with Crippen molar-refractivity contribution in [2.45, 2.75) is 0 Å². The molecule has 1 aromatic heterocycles. The number of nitrogens with zero attached hydrogens (tertiary/aromatic N) is 1. The lowest BCUT2D eigenvalue weighted by molar-refractivity contribution is 0.415. The number of furan rings is 1. The first-order valence-corrected chi connectivity index (χ1v) is 6.78. The van der Waals surface area contributed by atoms with Gasteiger partial charge in [0.25, 0.3) is 0 Å². The highest BCUT2D eigenvalue weighted by atomic mass is 79.9. The van der Waals surface area contributed by atoms with Gasteiger partial charge in [-0.1, -0.05) is 15.9 Å². The van der Waals surface area contributed by atoms with E-state index in [-0.39, 0.29) is 0 Å². The Morgan fingerprint density at radius 1 is 1.15 bits per heavy atom. The number of benzene rings is 2. The van der Waals surface area contributed by atoms with Crippen molar-refractivity contribution < 1.29 is 9.15 Å². The van der Waals surface area contributed by atoms with Crippen LogP contribution in [-0.2, 0) is 0 Å². The van der Waals surface area contributed by atoms with Gasteiger partial charge in [0.1, 0.15) is 17.1 Å². The molecule has 0 unspecified atom stereocenters. The molecule has 0 bridgehead atoms. The van der Waals surface area contributed by atoms with Gasteiger partial charge in [0.15, 0.2) is 0 Å². The lowest BCUT2D eigenvalue weighted by Gasteiger charge is -2.00. The summed E-state index contributed by atoms with van der Waals surface area (Å²) in [5, 5.41) is 10.2. The molecule has 3 nitrogen and oxygen atoms in total. The van der Waals surface area contributed by atoms with E-state index in [4.69, 9.17) is 9.15 Å². The smallest absolute Gasteiger partial charge is 0.136 e. The van der Waals surface area contributed by atoms with Crippen LogP contribution in [0.3, 0.4) is 0 Å². The first-order valence-electron chi connectivity index (χ1n) is 5.99. The van der Waals surface area contributed by atoms with Crippen LogP contribution in [0, 0.1) is 11.3 Å². The zero-order chi connectivity index (χ0) is 14.1. The molecule has 3 rings (SSSR count). The molecule has 98 valence electrons. The van der Waals surface area contributed by atoms with Crippen molar-refractivity contribution in [3.8, 4) is 23.1 Å². The van der Waals surface area contributed by atoms with Crippen LogP contribution in [-0.4, -0.2) is 7.11 Å². The molecule has 0 atom stereocenters. The minimum Gasteiger partial charge on any atom is -0.497 e. The van der Waals surface area contributed by atoms with Gasteiger partial charge < -0.3 is 9.15 Å². The minimum absolute atomic E-state index is 0.574. The Hall–Kier alpha value is -2.25. The maximum absolute atomic E-state index is 9.23. The summed E-state index contributed by atoms with van der Waals surface area (Å²) in [5.41, 5.74) is 2.13. The highest BCUT2D eigenvalue weighted by Crippen LogP contribution is 2.32. The van der Waals surface area contributed by atoms with E-state index in [0.29, 0.717) is 11.3 Å². The molecule has 20 heavy (non-hydrogen) atoms. The van der Waals surface area contributed by atoms with Crippen molar-refractivity contribution in [3.05, 3.63) is 52.5 Å². The Morgan fingerprint density at radius 3 is 2.75 bits per heavy atom. The molecular weight excluding hydrogens is 318 g/mol. The summed E-state index contributed by atoms with van der Waals surface area (Å²) in [6.07, 6.45) is 0. The van der Waals surface area contributed by atoms with E-state index in [0.717, 1.165) is 26.8 Å². The fraction of sp³-hybridized carbons (Fsp3) is 0.0625. The zero-order valence-electron chi connectivity index (χ0n) is 10.7. The van der Waals surface area contributed by atoms with Crippen LogP contribution >= 0.6 is 15.9 Å². The Morgan fingerprint density at radius 2 is 2.00 bits per heavy atom. The summed E-state index contributed by atoms with van der Waals surface area (Å²) in [4.78, 5) is 0. The Labute approximate surface area is 124 Å². The fourth-order valence-electron chi connectivity index (χ4n) is 2.10. The van der Waals surface area contributed by atoms with Gasteiger partial charge in [0, 0.05) is 15.4 Å². The Balaban J connectivity index is 2.18. The van der Waals surface area contributed by atoms with Crippen molar-refractivity contribution in [1.82, 2.24) is 0 Å². The molecule has 0 fully saturated rings. The third-order valence-electron chi connectivity index (χ3n) is 3.09. The SMILES string of the molecule is COc1ccc2oc(-c3ccc(Br)cc3C#N)cc2c1. The number of halogens is 1. The van der Waals surface area contributed by atoms with E-state index >= 15 is 0 Å². The van der Waals surface area contributed by atoms with E-state index in [1.165, 1.54) is 0 Å². The maximum atomic E-state index is 9.23. The number of fused-ring (bicyclic) bond motifs is 1. The van der Waals surface area contributed by atoms with Crippen molar-refractivity contribution in [2.75, 3.05) is 7.11 Å². The summed E-state index contributed by atoms with van der Waals surface area (Å²) in [6.45, 7) is 0. The van der Waals surface area contributed by atoms with Crippen LogP contribution in [0.25, 0.3) is 22.3 Å². The Kier molecular flexibility index (Phi) is 3.21. The summed E-state index contributed by atoms with van der Waals surface area (Å²) in [7, 11) is 1.63. The normalized spacial score (nSPS) is 10.4. The van der Waals surface area contributed by atoms with Gasteiger partial charge in [-0.05, 0) is 42.5 Å². The number of hydrogen-bond acceptors (Lipinski definition) is 3. The molecule has 1 heterocycles. The number of nitriles is 1. The fourth-order valence-corrected chi connectivity index (χ4v) is 2.47. The second kappa shape index (κ2) is 5.03. The first-order chi connectivity index (χ1) is 9.71. The molecule has 0 N–H and O–H groups in total. The number of methoxy groups -OCH3 is 1. The molecular formula is C16H10BrNO2. The van der Waals surface area contributed by atoms with Crippen LogP contribution in [0.1, 0.15) is 5.56 Å². The summed E-state index contributed by atoms with van der Waals surface area (Å²) >= 11 is 3.36. The first kappa shape index (κ1) is 12.8.